The average molecular weight is 296 g/mol. The van der Waals surface area contributed by atoms with Crippen molar-refractivity contribution in [1.29, 1.82) is 0 Å². The van der Waals surface area contributed by atoms with E-state index >= 15 is 0 Å². The van der Waals surface area contributed by atoms with Crippen LogP contribution in [0.1, 0.15) is 39.2 Å². The van der Waals surface area contributed by atoms with Gasteiger partial charge in [-0.1, -0.05) is 6.07 Å². The van der Waals surface area contributed by atoms with Crippen molar-refractivity contribution in [3.8, 4) is 5.75 Å². The number of benzene rings is 1. The molecule has 0 aliphatic carbocycles. The molecule has 0 spiro atoms. The summed E-state index contributed by atoms with van der Waals surface area (Å²) in [6.07, 6.45) is 0.294. The molecule has 4 nitrogen and oxygen atoms in total. The van der Waals surface area contributed by atoms with Crippen LogP contribution in [0.5, 0.6) is 5.75 Å². The number of Topliss-reactive ketones (excluding diaryl/α,β-unsaturated/α-hetero) is 1. The lowest BCUT2D eigenvalue weighted by atomic mass is 10.1. The van der Waals surface area contributed by atoms with E-state index in [1.807, 2.05) is 0 Å². The van der Waals surface area contributed by atoms with Gasteiger partial charge in [-0.15, -0.1) is 0 Å². The lowest BCUT2D eigenvalue weighted by molar-refractivity contribution is -0.155. The normalized spacial score (nSPS) is 11.1. The van der Waals surface area contributed by atoms with Gasteiger partial charge in [-0.3, -0.25) is 9.59 Å². The Balaban J connectivity index is 2.49. The second-order valence-corrected chi connectivity index (χ2v) is 5.77. The summed E-state index contributed by atoms with van der Waals surface area (Å²) in [5.74, 6) is -0.864. The standard InChI is InChI=1S/C16H21FO4/c1-16(2,3)21-15(19)8-6-12(18)9-11-5-7-13(17)14(10-11)20-4/h5,7,10H,6,8-9H2,1-4H3. The summed E-state index contributed by atoms with van der Waals surface area (Å²) in [4.78, 5) is 23.3. The Bertz CT molecular complexity index is 517. The molecule has 0 bridgehead atoms. The molecule has 0 saturated heterocycles. The van der Waals surface area contributed by atoms with Crippen molar-refractivity contribution in [2.45, 2.75) is 45.6 Å². The number of esters is 1. The minimum Gasteiger partial charge on any atom is -0.494 e. The van der Waals surface area contributed by atoms with E-state index in [0.717, 1.165) is 0 Å². The van der Waals surface area contributed by atoms with Crippen molar-refractivity contribution in [3.63, 3.8) is 0 Å². The van der Waals surface area contributed by atoms with Gasteiger partial charge in [0.2, 0.25) is 0 Å². The first-order valence-corrected chi connectivity index (χ1v) is 6.77. The van der Waals surface area contributed by atoms with Gasteiger partial charge in [-0.05, 0) is 38.5 Å². The van der Waals surface area contributed by atoms with Crippen molar-refractivity contribution in [2.24, 2.45) is 0 Å². The Morgan fingerprint density at radius 1 is 1.19 bits per heavy atom. The van der Waals surface area contributed by atoms with Gasteiger partial charge < -0.3 is 9.47 Å². The zero-order valence-electron chi connectivity index (χ0n) is 12.9. The quantitative estimate of drug-likeness (QED) is 0.757. The predicted molar refractivity (Wildman–Crippen MR) is 76.7 cm³/mol. The summed E-state index contributed by atoms with van der Waals surface area (Å²) in [5.41, 5.74) is 0.104. The molecule has 0 radical (unpaired) electrons. The topological polar surface area (TPSA) is 52.6 Å². The van der Waals surface area contributed by atoms with Crippen molar-refractivity contribution >= 4 is 11.8 Å². The highest BCUT2D eigenvalue weighted by molar-refractivity contribution is 5.84. The van der Waals surface area contributed by atoms with Crippen LogP contribution >= 0.6 is 0 Å². The second-order valence-electron chi connectivity index (χ2n) is 5.77. The van der Waals surface area contributed by atoms with E-state index in [1.165, 1.54) is 25.3 Å². The first-order chi connectivity index (χ1) is 9.71. The Hall–Kier alpha value is -1.91. The first kappa shape index (κ1) is 17.1. The number of ether oxygens (including phenoxy) is 2. The molecule has 21 heavy (non-hydrogen) atoms. The van der Waals surface area contributed by atoms with Crippen LogP contribution in [0.15, 0.2) is 18.2 Å². The van der Waals surface area contributed by atoms with Gasteiger partial charge in [0, 0.05) is 12.8 Å². The molecule has 0 fully saturated rings. The average Bonchev–Trinajstić information content (AvgIpc) is 2.36. The number of halogens is 1. The summed E-state index contributed by atoms with van der Waals surface area (Å²) in [6, 6.07) is 4.28. The molecule has 0 aliphatic heterocycles. The van der Waals surface area contributed by atoms with Gasteiger partial charge >= 0.3 is 5.97 Å². The molecule has 0 aliphatic rings. The summed E-state index contributed by atoms with van der Waals surface area (Å²) in [7, 11) is 1.37. The van der Waals surface area contributed by atoms with Gasteiger partial charge in [0.05, 0.1) is 13.5 Å². The molecule has 0 amide bonds. The smallest absolute Gasteiger partial charge is 0.306 e. The number of hydrogen-bond acceptors (Lipinski definition) is 4. The van der Waals surface area contributed by atoms with E-state index < -0.39 is 17.4 Å². The third kappa shape index (κ3) is 6.38. The van der Waals surface area contributed by atoms with E-state index in [9.17, 15) is 14.0 Å². The van der Waals surface area contributed by atoms with Crippen molar-refractivity contribution in [2.75, 3.05) is 7.11 Å². The number of carbonyl (C=O) groups is 2. The zero-order valence-corrected chi connectivity index (χ0v) is 12.9. The van der Waals surface area contributed by atoms with Crippen LogP contribution in [0.25, 0.3) is 0 Å². The largest absolute Gasteiger partial charge is 0.494 e. The predicted octanol–water partition coefficient (Wildman–Crippen LogP) is 3.07. The van der Waals surface area contributed by atoms with E-state index in [-0.39, 0.29) is 30.8 Å². The monoisotopic (exact) mass is 296 g/mol. The second kappa shape index (κ2) is 7.20. The number of carbonyl (C=O) groups excluding carboxylic acids is 2. The van der Waals surface area contributed by atoms with Crippen LogP contribution in [-0.4, -0.2) is 24.5 Å². The van der Waals surface area contributed by atoms with Crippen LogP contribution in [0, 0.1) is 5.82 Å². The minimum atomic E-state index is -0.551. The fourth-order valence-corrected chi connectivity index (χ4v) is 1.76. The Morgan fingerprint density at radius 2 is 1.86 bits per heavy atom. The highest BCUT2D eigenvalue weighted by Gasteiger charge is 2.17. The van der Waals surface area contributed by atoms with Crippen LogP contribution in [0.2, 0.25) is 0 Å². The molecular formula is C16H21FO4. The third-order valence-electron chi connectivity index (χ3n) is 2.64. The maximum absolute atomic E-state index is 13.2. The van der Waals surface area contributed by atoms with Crippen LogP contribution in [0.3, 0.4) is 0 Å². The highest BCUT2D eigenvalue weighted by Crippen LogP contribution is 2.19. The lowest BCUT2D eigenvalue weighted by Gasteiger charge is -2.19. The van der Waals surface area contributed by atoms with Gasteiger partial charge in [0.15, 0.2) is 11.6 Å². The molecule has 1 aromatic carbocycles. The molecule has 0 heterocycles. The molecule has 0 atom stereocenters. The zero-order chi connectivity index (χ0) is 16.0. The maximum Gasteiger partial charge on any atom is 0.306 e. The van der Waals surface area contributed by atoms with Gasteiger partial charge in [-0.25, -0.2) is 4.39 Å². The fourth-order valence-electron chi connectivity index (χ4n) is 1.76. The molecule has 0 aromatic heterocycles. The number of ketones is 1. The maximum atomic E-state index is 13.2. The lowest BCUT2D eigenvalue weighted by Crippen LogP contribution is -2.24. The molecule has 116 valence electrons. The van der Waals surface area contributed by atoms with Crippen LogP contribution in [0.4, 0.5) is 4.39 Å². The molecule has 0 saturated carbocycles. The SMILES string of the molecule is COc1cc(CC(=O)CCC(=O)OC(C)(C)C)ccc1F. The van der Waals surface area contributed by atoms with Crippen molar-refractivity contribution in [3.05, 3.63) is 29.6 Å². The first-order valence-electron chi connectivity index (χ1n) is 6.77. The Labute approximate surface area is 124 Å². The number of hydrogen-bond donors (Lipinski definition) is 0. The van der Waals surface area contributed by atoms with Crippen LogP contribution in [-0.2, 0) is 20.7 Å². The van der Waals surface area contributed by atoms with E-state index in [4.69, 9.17) is 9.47 Å². The molecule has 0 N–H and O–H groups in total. The number of methoxy groups -OCH3 is 1. The van der Waals surface area contributed by atoms with Crippen molar-refractivity contribution < 1.29 is 23.5 Å². The third-order valence-corrected chi connectivity index (χ3v) is 2.64. The summed E-state index contributed by atoms with van der Waals surface area (Å²) < 4.78 is 23.2. The molecule has 1 aromatic rings. The van der Waals surface area contributed by atoms with E-state index in [0.29, 0.717) is 5.56 Å². The Morgan fingerprint density at radius 3 is 2.43 bits per heavy atom. The molecular weight excluding hydrogens is 275 g/mol. The summed E-state index contributed by atoms with van der Waals surface area (Å²) in [5, 5.41) is 0. The van der Waals surface area contributed by atoms with Gasteiger partial charge in [-0.2, -0.15) is 0 Å². The minimum absolute atomic E-state index is 0.0500. The van der Waals surface area contributed by atoms with Crippen molar-refractivity contribution in [1.82, 2.24) is 0 Å². The Kier molecular flexibility index (Phi) is 5.88. The van der Waals surface area contributed by atoms with E-state index in [2.05, 4.69) is 0 Å². The summed E-state index contributed by atoms with van der Waals surface area (Å²) >= 11 is 0. The number of rotatable bonds is 6. The molecule has 1 rings (SSSR count). The molecule has 0 unspecified atom stereocenters. The summed E-state index contributed by atoms with van der Waals surface area (Å²) in [6.45, 7) is 5.33. The van der Waals surface area contributed by atoms with Gasteiger partial charge in [0.25, 0.3) is 0 Å². The molecule has 5 heteroatoms. The highest BCUT2D eigenvalue weighted by atomic mass is 19.1. The van der Waals surface area contributed by atoms with E-state index in [1.54, 1.807) is 20.8 Å². The van der Waals surface area contributed by atoms with Crippen LogP contribution < -0.4 is 4.74 Å². The fraction of sp³-hybridized carbons (Fsp3) is 0.500. The van der Waals surface area contributed by atoms with Gasteiger partial charge in [0.1, 0.15) is 11.4 Å².